The van der Waals surface area contributed by atoms with E-state index in [2.05, 4.69) is 20.1 Å². The first-order valence-corrected chi connectivity index (χ1v) is 11.7. The third kappa shape index (κ3) is 11.5. The Balaban J connectivity index is 3.82. The number of hydrogen-bond acceptors (Lipinski definition) is 0. The summed E-state index contributed by atoms with van der Waals surface area (Å²) < 4.78 is 0. The highest BCUT2D eigenvalue weighted by Gasteiger charge is 2.28. The fourth-order valence-electron chi connectivity index (χ4n) is 2.64. The van der Waals surface area contributed by atoms with Gasteiger partial charge in [-0.1, -0.05) is 51.2 Å². The maximum atomic E-state index is 6.96. The van der Waals surface area contributed by atoms with E-state index in [-0.39, 0.29) is 0 Å². The zero-order valence-electron chi connectivity index (χ0n) is 12.9. The first-order chi connectivity index (χ1) is 9.18. The number of unbranched alkanes of at least 4 members (excludes halogenated alkanes) is 6. The van der Waals surface area contributed by atoms with Gasteiger partial charge in [-0.2, -0.15) is 11.1 Å². The molecule has 0 saturated carbocycles. The number of allylic oxidation sites excluding steroid dienone is 2. The van der Waals surface area contributed by atoms with Gasteiger partial charge in [0, 0.05) is 0 Å². The predicted molar refractivity (Wildman–Crippen MR) is 93.6 cm³/mol. The van der Waals surface area contributed by atoms with E-state index in [9.17, 15) is 0 Å². The molecule has 0 heterocycles. The van der Waals surface area contributed by atoms with Gasteiger partial charge in [0.15, 0.2) is 7.38 Å². The molecule has 0 aromatic rings. The minimum Gasteiger partial charge on any atom is -0.167 e. The van der Waals surface area contributed by atoms with Crippen molar-refractivity contribution < 1.29 is 0 Å². The second-order valence-corrected chi connectivity index (χ2v) is 11.9. The Labute approximate surface area is 127 Å². The van der Waals surface area contributed by atoms with Crippen LogP contribution in [0.4, 0.5) is 0 Å². The van der Waals surface area contributed by atoms with E-state index in [1.165, 1.54) is 63.1 Å². The fraction of sp³-hybridized carbons (Fsp3) is 0.765. The molecule has 0 aromatic carbocycles. The Hall–Kier alpha value is -0.0131. The molecule has 0 aliphatic carbocycles. The van der Waals surface area contributed by atoms with E-state index in [1.54, 1.807) is 0 Å². The number of halogens is 1. The molecule has 0 amide bonds. The van der Waals surface area contributed by atoms with Gasteiger partial charge in [0.05, 0.1) is 0 Å². The lowest BCUT2D eigenvalue weighted by Gasteiger charge is -2.24. The summed E-state index contributed by atoms with van der Waals surface area (Å²) >= 11 is 6.96. The summed E-state index contributed by atoms with van der Waals surface area (Å²) in [6, 6.07) is 3.94. The number of rotatable bonds is 14. The monoisotopic (exact) mass is 300 g/mol. The van der Waals surface area contributed by atoms with Crippen molar-refractivity contribution in [1.29, 1.82) is 0 Å². The molecule has 0 radical (unpaired) electrons. The molecule has 0 N–H and O–H groups in total. The summed E-state index contributed by atoms with van der Waals surface area (Å²) in [5.74, 6) is 0. The molecule has 0 fully saturated rings. The zero-order chi connectivity index (χ0) is 14.4. The van der Waals surface area contributed by atoms with Crippen molar-refractivity contribution in [2.24, 2.45) is 0 Å². The lowest BCUT2D eigenvalue weighted by atomic mass is 10.2. The van der Waals surface area contributed by atoms with Gasteiger partial charge < -0.3 is 0 Å². The average molecular weight is 301 g/mol. The normalized spacial score (nSPS) is 11.5. The maximum absolute atomic E-state index is 6.96. The first-order valence-electron chi connectivity index (χ1n) is 8.09. The summed E-state index contributed by atoms with van der Waals surface area (Å²) in [6.45, 7) is 9.83. The maximum Gasteiger partial charge on any atom is 0.156 e. The molecule has 0 rings (SSSR count). The minimum atomic E-state index is -1.45. The second kappa shape index (κ2) is 13.0. The van der Waals surface area contributed by atoms with Crippen LogP contribution in [0.25, 0.3) is 0 Å². The van der Waals surface area contributed by atoms with Gasteiger partial charge in [0.25, 0.3) is 0 Å². The Bertz CT molecular complexity index is 207. The van der Waals surface area contributed by atoms with Crippen molar-refractivity contribution in [3.63, 3.8) is 0 Å². The second-order valence-electron chi connectivity index (χ2n) is 5.68. The Morgan fingerprint density at radius 3 is 1.63 bits per heavy atom. The van der Waals surface area contributed by atoms with E-state index in [4.69, 9.17) is 11.1 Å². The van der Waals surface area contributed by atoms with E-state index in [0.29, 0.717) is 0 Å². The van der Waals surface area contributed by atoms with Crippen LogP contribution < -0.4 is 0 Å². The summed E-state index contributed by atoms with van der Waals surface area (Å²) in [6.07, 6.45) is 15.5. The van der Waals surface area contributed by atoms with E-state index in [0.717, 1.165) is 12.8 Å². The van der Waals surface area contributed by atoms with Gasteiger partial charge in [0.1, 0.15) is 0 Å². The van der Waals surface area contributed by atoms with Crippen molar-refractivity contribution in [1.82, 2.24) is 0 Å². The van der Waals surface area contributed by atoms with Crippen LogP contribution in [0.2, 0.25) is 18.1 Å². The van der Waals surface area contributed by atoms with E-state index >= 15 is 0 Å². The molecule has 0 nitrogen and oxygen atoms in total. The molecule has 0 aliphatic rings. The van der Waals surface area contributed by atoms with Crippen LogP contribution in [0.5, 0.6) is 0 Å². The van der Waals surface area contributed by atoms with Crippen LogP contribution in [0.1, 0.15) is 64.7 Å². The molecule has 0 aromatic heterocycles. The van der Waals surface area contributed by atoms with Crippen LogP contribution in [0.15, 0.2) is 25.3 Å². The molecule has 0 spiro atoms. The molecule has 0 unspecified atom stereocenters. The molecule has 0 atom stereocenters. The average Bonchev–Trinajstić information content (AvgIpc) is 2.39. The molecule has 0 saturated heterocycles. The third-order valence-corrected chi connectivity index (χ3v) is 9.36. The van der Waals surface area contributed by atoms with Crippen LogP contribution in [0, 0.1) is 0 Å². The highest BCUT2D eigenvalue weighted by Crippen LogP contribution is 2.31. The lowest BCUT2D eigenvalue weighted by Crippen LogP contribution is -2.26. The minimum absolute atomic E-state index is 1.16. The summed E-state index contributed by atoms with van der Waals surface area (Å²) in [5, 5.41) is 0. The van der Waals surface area contributed by atoms with Crippen molar-refractivity contribution in [3.05, 3.63) is 25.3 Å². The van der Waals surface area contributed by atoms with E-state index < -0.39 is 7.38 Å². The van der Waals surface area contributed by atoms with Gasteiger partial charge in [0.2, 0.25) is 0 Å². The van der Waals surface area contributed by atoms with Crippen LogP contribution in [0.3, 0.4) is 0 Å². The Morgan fingerprint density at radius 2 is 1.26 bits per heavy atom. The van der Waals surface area contributed by atoms with E-state index in [1.807, 2.05) is 12.2 Å². The Kier molecular flexibility index (Phi) is 13.0. The molecular weight excluding hydrogens is 268 g/mol. The highest BCUT2D eigenvalue weighted by atomic mass is 35.6. The highest BCUT2D eigenvalue weighted by molar-refractivity contribution is 7.20. The quantitative estimate of drug-likeness (QED) is 0.139. The molecule has 112 valence electrons. The molecule has 19 heavy (non-hydrogen) atoms. The molecule has 2 heteroatoms. The summed E-state index contributed by atoms with van der Waals surface area (Å²) in [4.78, 5) is 0. The SMILES string of the molecule is C=CCCCCC[Si](Cl)(CCC)CCCCCC=C. The summed E-state index contributed by atoms with van der Waals surface area (Å²) in [7, 11) is -1.45. The van der Waals surface area contributed by atoms with Gasteiger partial charge in [-0.25, -0.2) is 0 Å². The van der Waals surface area contributed by atoms with Crippen molar-refractivity contribution in [2.45, 2.75) is 82.8 Å². The smallest absolute Gasteiger partial charge is 0.156 e. The predicted octanol–water partition coefficient (Wildman–Crippen LogP) is 7.07. The van der Waals surface area contributed by atoms with Crippen LogP contribution >= 0.6 is 11.1 Å². The van der Waals surface area contributed by atoms with Crippen molar-refractivity contribution in [3.8, 4) is 0 Å². The summed E-state index contributed by atoms with van der Waals surface area (Å²) in [5.41, 5.74) is 0. The van der Waals surface area contributed by atoms with Gasteiger partial charge >= 0.3 is 0 Å². The lowest BCUT2D eigenvalue weighted by molar-refractivity contribution is 0.705. The molecular formula is C17H33ClSi. The van der Waals surface area contributed by atoms with Gasteiger partial charge in [-0.3, -0.25) is 0 Å². The van der Waals surface area contributed by atoms with Crippen LogP contribution in [-0.2, 0) is 0 Å². The molecule has 0 bridgehead atoms. The first kappa shape index (κ1) is 19.0. The third-order valence-electron chi connectivity index (χ3n) is 3.76. The van der Waals surface area contributed by atoms with Crippen LogP contribution in [-0.4, -0.2) is 7.38 Å². The number of hydrogen-bond donors (Lipinski definition) is 0. The standard InChI is InChI=1S/C17H33ClSi/c1-4-7-9-11-13-16-19(18,15-6-3)17-14-12-10-8-5-2/h4-5H,1-2,6-17H2,3H3. The van der Waals surface area contributed by atoms with Gasteiger partial charge in [-0.15, -0.1) is 13.2 Å². The van der Waals surface area contributed by atoms with Crippen molar-refractivity contribution in [2.75, 3.05) is 0 Å². The van der Waals surface area contributed by atoms with Gasteiger partial charge in [-0.05, 0) is 43.8 Å². The fourth-order valence-corrected chi connectivity index (χ4v) is 7.42. The molecule has 0 aliphatic heterocycles. The Morgan fingerprint density at radius 1 is 0.789 bits per heavy atom. The van der Waals surface area contributed by atoms with Crippen molar-refractivity contribution >= 4 is 18.5 Å². The zero-order valence-corrected chi connectivity index (χ0v) is 14.7. The largest absolute Gasteiger partial charge is 0.167 e. The topological polar surface area (TPSA) is 0 Å².